The molecular formula is C14H19FN2. The Morgan fingerprint density at radius 3 is 2.41 bits per heavy atom. The molecule has 0 amide bonds. The Hall–Kier alpha value is -1.12. The predicted molar refractivity (Wildman–Crippen MR) is 66.3 cm³/mol. The normalized spacial score (nSPS) is 31.5. The van der Waals surface area contributed by atoms with Crippen LogP contribution in [0.2, 0.25) is 0 Å². The fourth-order valence-corrected chi connectivity index (χ4v) is 3.60. The zero-order valence-electron chi connectivity index (χ0n) is 10.7. The van der Waals surface area contributed by atoms with Gasteiger partial charge in [-0.3, -0.25) is 4.98 Å². The number of nitrogens with zero attached hydrogens (tertiary/aromatic N) is 2. The summed E-state index contributed by atoms with van der Waals surface area (Å²) in [7, 11) is 0. The summed E-state index contributed by atoms with van der Waals surface area (Å²) < 4.78 is 13.1. The van der Waals surface area contributed by atoms with Crippen LogP contribution in [-0.4, -0.2) is 18.1 Å². The summed E-state index contributed by atoms with van der Waals surface area (Å²) in [6.07, 6.45) is 3.03. The SMILES string of the molecule is CC(C)(C)C1C2CN(c3cncc(F)c3)CC21. The van der Waals surface area contributed by atoms with Gasteiger partial charge in [0.1, 0.15) is 5.82 Å². The quantitative estimate of drug-likeness (QED) is 0.742. The number of anilines is 1. The highest BCUT2D eigenvalue weighted by molar-refractivity contribution is 5.47. The summed E-state index contributed by atoms with van der Waals surface area (Å²) in [6, 6.07) is 1.59. The van der Waals surface area contributed by atoms with Crippen molar-refractivity contribution in [3.63, 3.8) is 0 Å². The van der Waals surface area contributed by atoms with Crippen LogP contribution in [-0.2, 0) is 0 Å². The highest BCUT2D eigenvalue weighted by atomic mass is 19.1. The number of piperidine rings is 1. The molecule has 3 rings (SSSR count). The molecule has 1 aromatic heterocycles. The van der Waals surface area contributed by atoms with E-state index < -0.39 is 0 Å². The lowest BCUT2D eigenvalue weighted by atomic mass is 9.87. The second-order valence-electron chi connectivity index (χ2n) is 6.49. The molecule has 1 aliphatic carbocycles. The van der Waals surface area contributed by atoms with Crippen LogP contribution >= 0.6 is 0 Å². The second kappa shape index (κ2) is 3.44. The van der Waals surface area contributed by atoms with Crippen molar-refractivity contribution in [1.29, 1.82) is 0 Å². The Morgan fingerprint density at radius 1 is 1.24 bits per heavy atom. The minimum atomic E-state index is -0.240. The van der Waals surface area contributed by atoms with E-state index in [-0.39, 0.29) is 5.82 Å². The number of fused-ring (bicyclic) bond motifs is 1. The molecule has 1 saturated heterocycles. The van der Waals surface area contributed by atoms with Crippen molar-refractivity contribution in [2.75, 3.05) is 18.0 Å². The molecule has 2 nitrogen and oxygen atoms in total. The number of hydrogen-bond donors (Lipinski definition) is 0. The van der Waals surface area contributed by atoms with Gasteiger partial charge in [-0.1, -0.05) is 20.8 Å². The van der Waals surface area contributed by atoms with Crippen molar-refractivity contribution >= 4 is 5.69 Å². The zero-order valence-corrected chi connectivity index (χ0v) is 10.7. The Bertz CT molecular complexity index is 426. The van der Waals surface area contributed by atoms with E-state index in [9.17, 15) is 4.39 Å². The van der Waals surface area contributed by atoms with Crippen LogP contribution in [0.1, 0.15) is 20.8 Å². The number of pyridine rings is 1. The van der Waals surface area contributed by atoms with Crippen molar-refractivity contribution in [3.05, 3.63) is 24.3 Å². The van der Waals surface area contributed by atoms with Crippen molar-refractivity contribution in [2.24, 2.45) is 23.2 Å². The lowest BCUT2D eigenvalue weighted by molar-refractivity contribution is 0.309. The molecule has 0 spiro atoms. The maximum absolute atomic E-state index is 13.1. The van der Waals surface area contributed by atoms with Gasteiger partial charge in [-0.25, -0.2) is 4.39 Å². The monoisotopic (exact) mass is 234 g/mol. The van der Waals surface area contributed by atoms with E-state index in [2.05, 4.69) is 30.7 Å². The Morgan fingerprint density at radius 2 is 1.88 bits per heavy atom. The first-order valence-electron chi connectivity index (χ1n) is 6.32. The molecule has 2 aliphatic rings. The lowest BCUT2D eigenvalue weighted by Gasteiger charge is -2.26. The average molecular weight is 234 g/mol. The van der Waals surface area contributed by atoms with E-state index in [1.807, 2.05) is 0 Å². The van der Waals surface area contributed by atoms with Crippen molar-refractivity contribution in [1.82, 2.24) is 4.98 Å². The highest BCUT2D eigenvalue weighted by Gasteiger charge is 2.59. The lowest BCUT2D eigenvalue weighted by Crippen LogP contribution is -2.27. The number of aromatic nitrogens is 1. The van der Waals surface area contributed by atoms with Gasteiger partial charge < -0.3 is 4.90 Å². The van der Waals surface area contributed by atoms with Gasteiger partial charge in [-0.2, -0.15) is 0 Å². The van der Waals surface area contributed by atoms with Gasteiger partial charge in [0.2, 0.25) is 0 Å². The average Bonchev–Trinajstić information content (AvgIpc) is 2.77. The van der Waals surface area contributed by atoms with Gasteiger partial charge in [-0.05, 0) is 23.2 Å². The van der Waals surface area contributed by atoms with E-state index >= 15 is 0 Å². The van der Waals surface area contributed by atoms with Gasteiger partial charge in [0.05, 0.1) is 18.1 Å². The summed E-state index contributed by atoms with van der Waals surface area (Å²) >= 11 is 0. The first-order valence-corrected chi connectivity index (χ1v) is 6.32. The molecule has 1 saturated carbocycles. The first-order chi connectivity index (χ1) is 7.97. The van der Waals surface area contributed by atoms with Gasteiger partial charge in [0.15, 0.2) is 0 Å². The van der Waals surface area contributed by atoms with Crippen LogP contribution in [0.3, 0.4) is 0 Å². The molecule has 2 unspecified atom stereocenters. The third-order valence-electron chi connectivity index (χ3n) is 4.25. The van der Waals surface area contributed by atoms with Crippen LogP contribution < -0.4 is 4.90 Å². The molecule has 3 heteroatoms. The van der Waals surface area contributed by atoms with Crippen LogP contribution in [0.25, 0.3) is 0 Å². The van der Waals surface area contributed by atoms with Crippen LogP contribution in [0, 0.1) is 29.0 Å². The molecule has 0 radical (unpaired) electrons. The summed E-state index contributed by atoms with van der Waals surface area (Å²) in [5, 5.41) is 0. The number of hydrogen-bond acceptors (Lipinski definition) is 2. The minimum absolute atomic E-state index is 0.240. The van der Waals surface area contributed by atoms with Crippen molar-refractivity contribution < 1.29 is 4.39 Å². The molecule has 92 valence electrons. The molecule has 1 aromatic rings. The van der Waals surface area contributed by atoms with Gasteiger partial charge in [0, 0.05) is 19.2 Å². The molecular weight excluding hydrogens is 215 g/mol. The molecule has 2 fully saturated rings. The third-order valence-corrected chi connectivity index (χ3v) is 4.25. The zero-order chi connectivity index (χ0) is 12.2. The fraction of sp³-hybridized carbons (Fsp3) is 0.643. The van der Waals surface area contributed by atoms with Gasteiger partial charge in [0.25, 0.3) is 0 Å². The predicted octanol–water partition coefficient (Wildman–Crippen LogP) is 2.95. The minimum Gasteiger partial charge on any atom is -0.370 e. The molecule has 2 atom stereocenters. The maximum Gasteiger partial charge on any atom is 0.143 e. The Labute approximate surface area is 102 Å². The van der Waals surface area contributed by atoms with E-state index in [1.54, 1.807) is 12.3 Å². The molecule has 0 bridgehead atoms. The van der Waals surface area contributed by atoms with Gasteiger partial charge >= 0.3 is 0 Å². The number of rotatable bonds is 1. The fourth-order valence-electron chi connectivity index (χ4n) is 3.60. The summed E-state index contributed by atoms with van der Waals surface area (Å²) in [5.74, 6) is 2.22. The van der Waals surface area contributed by atoms with Crippen LogP contribution in [0.15, 0.2) is 18.5 Å². The maximum atomic E-state index is 13.1. The molecule has 0 N–H and O–H groups in total. The standard InChI is InChI=1S/C14H19FN2/c1-14(2,3)13-11-7-17(8-12(11)13)10-4-9(15)5-16-6-10/h4-6,11-13H,7-8H2,1-3H3. The van der Waals surface area contributed by atoms with E-state index in [4.69, 9.17) is 0 Å². The van der Waals surface area contributed by atoms with E-state index in [0.717, 1.165) is 36.5 Å². The Balaban J connectivity index is 1.70. The number of halogens is 1. The molecule has 17 heavy (non-hydrogen) atoms. The summed E-state index contributed by atoms with van der Waals surface area (Å²) in [5.41, 5.74) is 1.35. The Kier molecular flexibility index (Phi) is 2.22. The molecule has 1 aliphatic heterocycles. The van der Waals surface area contributed by atoms with Crippen LogP contribution in [0.4, 0.5) is 10.1 Å². The summed E-state index contributed by atoms with van der Waals surface area (Å²) in [6.45, 7) is 9.10. The molecule has 2 heterocycles. The van der Waals surface area contributed by atoms with Crippen LogP contribution in [0.5, 0.6) is 0 Å². The third kappa shape index (κ3) is 1.81. The topological polar surface area (TPSA) is 16.1 Å². The second-order valence-corrected chi connectivity index (χ2v) is 6.49. The molecule has 0 aromatic carbocycles. The summed E-state index contributed by atoms with van der Waals surface area (Å²) in [4.78, 5) is 6.19. The smallest absolute Gasteiger partial charge is 0.143 e. The van der Waals surface area contributed by atoms with Crippen molar-refractivity contribution in [2.45, 2.75) is 20.8 Å². The largest absolute Gasteiger partial charge is 0.370 e. The van der Waals surface area contributed by atoms with E-state index in [1.165, 1.54) is 6.20 Å². The first kappa shape index (κ1) is 11.0. The highest BCUT2D eigenvalue weighted by Crippen LogP contribution is 2.60. The van der Waals surface area contributed by atoms with Crippen molar-refractivity contribution in [3.8, 4) is 0 Å². The van der Waals surface area contributed by atoms with Gasteiger partial charge in [-0.15, -0.1) is 0 Å². The van der Waals surface area contributed by atoms with E-state index in [0.29, 0.717) is 5.41 Å².